The molecular weight excluding hydrogens is 937 g/mol. The van der Waals surface area contributed by atoms with Gasteiger partial charge in [-0.15, -0.1) is 27.4 Å². The molecule has 246 valence electrons. The Morgan fingerprint density at radius 2 is 1.15 bits per heavy atom. The second-order valence-corrected chi connectivity index (χ2v) is 9.81. The quantitative estimate of drug-likeness (QED) is 0.200. The number of aromatic nitrogens is 8. The van der Waals surface area contributed by atoms with Crippen molar-refractivity contribution in [2.45, 2.75) is 53.8 Å². The first-order valence-corrected chi connectivity index (χ1v) is 13.9. The Morgan fingerprint density at radius 3 is 1.59 bits per heavy atom. The van der Waals surface area contributed by atoms with Crippen LogP contribution in [0.3, 0.4) is 0 Å². The third-order valence-electron chi connectivity index (χ3n) is 6.12. The average molecular weight is 976 g/mol. The molecule has 2 atom stereocenters. The summed E-state index contributed by atoms with van der Waals surface area (Å²) in [4.78, 5) is 8.22. The Bertz CT molecular complexity index is 1540. The SMILES string of the molecule is C.CC(O)CC(C)O.Cc1nnc(-c2[c-]ccnc2)n1-c1ccccc1.Cc1nnc(-c2cccnc2)n1-c1ccccc1.[Ir].[Ir]. The second-order valence-electron chi connectivity index (χ2n) is 9.81. The van der Waals surface area contributed by atoms with E-state index in [4.69, 9.17) is 10.2 Å². The van der Waals surface area contributed by atoms with Gasteiger partial charge in [-0.2, -0.15) is 5.10 Å². The van der Waals surface area contributed by atoms with E-state index in [1.807, 2.05) is 95.8 Å². The van der Waals surface area contributed by atoms with Crippen molar-refractivity contribution < 1.29 is 50.4 Å². The van der Waals surface area contributed by atoms with E-state index in [0.29, 0.717) is 6.42 Å². The van der Waals surface area contributed by atoms with Crippen LogP contribution in [0.4, 0.5) is 0 Å². The molecule has 46 heavy (non-hydrogen) atoms. The molecule has 4 heterocycles. The summed E-state index contributed by atoms with van der Waals surface area (Å²) in [5.74, 6) is 3.27. The number of aliphatic hydroxyl groups is 2. The molecule has 0 fully saturated rings. The maximum atomic E-state index is 8.56. The summed E-state index contributed by atoms with van der Waals surface area (Å²) in [6.45, 7) is 7.19. The maximum absolute atomic E-state index is 8.56. The van der Waals surface area contributed by atoms with Crippen molar-refractivity contribution in [1.82, 2.24) is 39.5 Å². The van der Waals surface area contributed by atoms with Gasteiger partial charge in [0.1, 0.15) is 11.6 Å². The zero-order chi connectivity index (χ0) is 30.6. The minimum Gasteiger partial charge on any atom is -0.393 e. The number of benzene rings is 2. The fourth-order valence-electron chi connectivity index (χ4n) is 4.29. The zero-order valence-corrected chi connectivity index (χ0v) is 30.1. The van der Waals surface area contributed by atoms with Gasteiger partial charge in [0.25, 0.3) is 0 Å². The van der Waals surface area contributed by atoms with Gasteiger partial charge in [-0.1, -0.05) is 61.8 Å². The molecule has 0 saturated carbocycles. The van der Waals surface area contributed by atoms with E-state index in [2.05, 4.69) is 36.4 Å². The van der Waals surface area contributed by atoms with Crippen molar-refractivity contribution in [3.63, 3.8) is 0 Å². The van der Waals surface area contributed by atoms with Crippen molar-refractivity contribution in [2.75, 3.05) is 0 Å². The molecule has 6 aromatic rings. The van der Waals surface area contributed by atoms with Crippen molar-refractivity contribution >= 4 is 0 Å². The first-order valence-electron chi connectivity index (χ1n) is 13.9. The van der Waals surface area contributed by atoms with Crippen LogP contribution in [-0.2, 0) is 40.2 Å². The largest absolute Gasteiger partial charge is 0.393 e. The topological polar surface area (TPSA) is 128 Å². The minimum atomic E-state index is -0.375. The molecule has 0 aliphatic carbocycles. The first-order chi connectivity index (χ1) is 20.8. The van der Waals surface area contributed by atoms with Crippen molar-refractivity contribution in [2.24, 2.45) is 0 Å². The van der Waals surface area contributed by atoms with Gasteiger partial charge in [0.05, 0.1) is 18.0 Å². The van der Waals surface area contributed by atoms with Gasteiger partial charge in [0.15, 0.2) is 5.82 Å². The second kappa shape index (κ2) is 20.4. The Labute approximate surface area is 297 Å². The smallest absolute Gasteiger partial charge is 0.170 e. The van der Waals surface area contributed by atoms with Gasteiger partial charge in [0, 0.05) is 69.5 Å². The average Bonchev–Trinajstić information content (AvgIpc) is 3.61. The van der Waals surface area contributed by atoms with Gasteiger partial charge in [-0.25, -0.2) is 0 Å². The number of aliphatic hydroxyl groups excluding tert-OH is 2. The Hall–Kier alpha value is -3.76. The normalized spacial score (nSPS) is 11.1. The van der Waals surface area contributed by atoms with E-state index in [1.165, 1.54) is 0 Å². The Morgan fingerprint density at radius 1 is 0.652 bits per heavy atom. The van der Waals surface area contributed by atoms with Crippen LogP contribution in [-0.4, -0.2) is 61.9 Å². The maximum Gasteiger partial charge on any atom is 0.170 e. The summed E-state index contributed by atoms with van der Waals surface area (Å²) in [6.07, 6.45) is 6.70. The van der Waals surface area contributed by atoms with E-state index < -0.39 is 0 Å². The standard InChI is InChI=1S/C14H12N4.C14H11N4.C5H12O2.CH4.2Ir/c2*1-11-16-17-14(12-6-5-9-15-10-12)18(11)13-7-3-2-4-8-13;1-4(6)3-5(2)7;;;/h2-10H,1H3;2-5,7-10H,1H3;4-7H,3H2,1-2H3;1H4;;/q;-1;;;;. The molecular formula is C34H39Ir2N8O2-. The summed E-state index contributed by atoms with van der Waals surface area (Å²) < 4.78 is 4.02. The summed E-state index contributed by atoms with van der Waals surface area (Å²) in [5.41, 5.74) is 3.88. The molecule has 2 radical (unpaired) electrons. The van der Waals surface area contributed by atoms with Gasteiger partial charge in [-0.3, -0.25) is 9.55 Å². The third kappa shape index (κ3) is 11.2. The predicted molar refractivity (Wildman–Crippen MR) is 172 cm³/mol. The number of rotatable bonds is 6. The molecule has 0 amide bonds. The molecule has 0 bridgehead atoms. The Balaban J connectivity index is 0.000000364. The molecule has 4 aromatic heterocycles. The van der Waals surface area contributed by atoms with Crippen LogP contribution in [0, 0.1) is 19.9 Å². The molecule has 2 N–H and O–H groups in total. The fourth-order valence-corrected chi connectivity index (χ4v) is 4.29. The molecule has 2 aromatic carbocycles. The van der Waals surface area contributed by atoms with E-state index in [1.54, 1.807) is 44.7 Å². The van der Waals surface area contributed by atoms with Crippen LogP contribution in [0.2, 0.25) is 0 Å². The first kappa shape index (κ1) is 40.3. The predicted octanol–water partition coefficient (Wildman–Crippen LogP) is 5.84. The van der Waals surface area contributed by atoms with Gasteiger partial charge < -0.3 is 19.8 Å². The molecule has 0 aliphatic heterocycles. The summed E-state index contributed by atoms with van der Waals surface area (Å²) in [6, 6.07) is 28.9. The Kier molecular flexibility index (Phi) is 17.8. The molecule has 6 rings (SSSR count). The summed E-state index contributed by atoms with van der Waals surface area (Å²) in [5, 5.41) is 33.9. The zero-order valence-electron chi connectivity index (χ0n) is 25.3. The molecule has 10 nitrogen and oxygen atoms in total. The third-order valence-corrected chi connectivity index (χ3v) is 6.12. The number of aryl methyl sites for hydroxylation is 2. The van der Waals surface area contributed by atoms with Gasteiger partial charge >= 0.3 is 0 Å². The number of hydrogen-bond donors (Lipinski definition) is 2. The minimum absolute atomic E-state index is 0. The number of pyridine rings is 2. The summed E-state index contributed by atoms with van der Waals surface area (Å²) in [7, 11) is 0. The fraction of sp³-hybridized carbons (Fsp3) is 0.235. The van der Waals surface area contributed by atoms with E-state index in [9.17, 15) is 0 Å². The number of nitrogens with zero attached hydrogens (tertiary/aromatic N) is 8. The van der Waals surface area contributed by atoms with Crippen molar-refractivity contribution in [3.05, 3.63) is 121 Å². The molecule has 0 saturated heterocycles. The van der Waals surface area contributed by atoms with Crippen LogP contribution >= 0.6 is 0 Å². The monoisotopic (exact) mass is 977 g/mol. The molecule has 12 heteroatoms. The van der Waals surface area contributed by atoms with Crippen LogP contribution in [0.5, 0.6) is 0 Å². The van der Waals surface area contributed by atoms with Crippen LogP contribution in [0.1, 0.15) is 39.3 Å². The van der Waals surface area contributed by atoms with E-state index in [-0.39, 0.29) is 59.8 Å². The number of hydrogen-bond acceptors (Lipinski definition) is 8. The molecule has 2 unspecified atom stereocenters. The van der Waals surface area contributed by atoms with E-state index in [0.717, 1.165) is 45.8 Å². The van der Waals surface area contributed by atoms with Gasteiger partial charge in [0.2, 0.25) is 0 Å². The van der Waals surface area contributed by atoms with Crippen LogP contribution in [0.25, 0.3) is 34.2 Å². The van der Waals surface area contributed by atoms with Crippen molar-refractivity contribution in [1.29, 1.82) is 0 Å². The molecule has 0 spiro atoms. The van der Waals surface area contributed by atoms with Crippen molar-refractivity contribution in [3.8, 4) is 34.2 Å². The van der Waals surface area contributed by atoms with Crippen LogP contribution < -0.4 is 0 Å². The van der Waals surface area contributed by atoms with Crippen LogP contribution in [0.15, 0.2) is 104 Å². The summed E-state index contributed by atoms with van der Waals surface area (Å²) >= 11 is 0. The molecule has 0 aliphatic rings. The van der Waals surface area contributed by atoms with Gasteiger partial charge in [-0.05, 0) is 70.5 Å². The number of para-hydroxylation sites is 2. The van der Waals surface area contributed by atoms with E-state index >= 15 is 0 Å².